The molecule has 0 heterocycles. The maximum Gasteiger partial charge on any atom is 0.408 e. The number of anilines is 1. The fourth-order valence-electron chi connectivity index (χ4n) is 4.13. The number of hydrogen-bond donors (Lipinski definition) is 2. The van der Waals surface area contributed by atoms with Gasteiger partial charge in [0.05, 0.1) is 0 Å². The second-order valence-electron chi connectivity index (χ2n) is 10.8. The summed E-state index contributed by atoms with van der Waals surface area (Å²) in [5.41, 5.74) is 2.77. The van der Waals surface area contributed by atoms with Crippen LogP contribution in [-0.2, 0) is 20.7 Å². The molecule has 0 aliphatic carbocycles. The van der Waals surface area contributed by atoms with E-state index >= 15 is 0 Å². The molecule has 2 unspecified atom stereocenters. The lowest BCUT2D eigenvalue weighted by atomic mass is 9.98. The number of ether oxygens (including phenoxy) is 1. The minimum atomic E-state index is -0.877. The highest BCUT2D eigenvalue weighted by Gasteiger charge is 2.36. The maximum atomic E-state index is 13.9. The summed E-state index contributed by atoms with van der Waals surface area (Å²) in [6, 6.07) is 13.6. The smallest absolute Gasteiger partial charge is 0.408 e. The van der Waals surface area contributed by atoms with Gasteiger partial charge in [-0.1, -0.05) is 63.2 Å². The predicted molar refractivity (Wildman–Crippen MR) is 148 cm³/mol. The molecule has 7 nitrogen and oxygen atoms in total. The summed E-state index contributed by atoms with van der Waals surface area (Å²) in [4.78, 5) is 41.9. The molecule has 0 spiro atoms. The van der Waals surface area contributed by atoms with E-state index in [0.29, 0.717) is 17.7 Å². The number of aryl methyl sites for hydroxylation is 2. The topological polar surface area (TPSA) is 87.7 Å². The molecule has 0 fully saturated rings. The highest BCUT2D eigenvalue weighted by Crippen LogP contribution is 2.26. The Morgan fingerprint density at radius 3 is 2.11 bits per heavy atom. The quantitative estimate of drug-likeness (QED) is 0.410. The van der Waals surface area contributed by atoms with Crippen LogP contribution in [0.4, 0.5) is 10.5 Å². The predicted octanol–water partition coefficient (Wildman–Crippen LogP) is 6.03. The molecule has 0 aromatic heterocycles. The Morgan fingerprint density at radius 1 is 0.973 bits per heavy atom. The molecule has 2 aromatic carbocycles. The third kappa shape index (κ3) is 8.92. The van der Waals surface area contributed by atoms with Crippen LogP contribution in [0.25, 0.3) is 0 Å². The van der Waals surface area contributed by atoms with Crippen molar-refractivity contribution in [2.24, 2.45) is 5.92 Å². The lowest BCUT2D eigenvalue weighted by Crippen LogP contribution is -2.52. The van der Waals surface area contributed by atoms with E-state index in [0.717, 1.165) is 17.5 Å². The number of nitrogens with one attached hydrogen (secondary N) is 2. The maximum absolute atomic E-state index is 13.9. The number of hydrogen-bond acceptors (Lipinski definition) is 4. The van der Waals surface area contributed by atoms with Gasteiger partial charge in [-0.2, -0.15) is 0 Å². The normalized spacial score (nSPS) is 13.0. The standard InChI is InChI=1S/C30H43N3O4/c1-9-22-15-17-23(18-16-22)26(27(34)31-24-14-12-11-13-21(24)5)33(10-2)28(35)25(19-20(3)4)32-29(36)37-30(6,7)8/h11-18,20,25-26H,9-10,19H2,1-8H3,(H,31,34)(H,32,36). The molecule has 0 saturated heterocycles. The molecule has 7 heteroatoms. The molecule has 3 amide bonds. The molecule has 0 saturated carbocycles. The van der Waals surface area contributed by atoms with E-state index in [2.05, 4.69) is 17.6 Å². The molecule has 0 radical (unpaired) electrons. The highest BCUT2D eigenvalue weighted by molar-refractivity contribution is 5.99. The molecule has 0 aliphatic rings. The number of alkyl carbamates (subject to hydrolysis) is 1. The Balaban J connectivity index is 2.46. The largest absolute Gasteiger partial charge is 0.444 e. The molecule has 2 N–H and O–H groups in total. The summed E-state index contributed by atoms with van der Waals surface area (Å²) in [6.07, 6.45) is 0.624. The number of para-hydroxylation sites is 1. The first-order valence-electron chi connectivity index (χ1n) is 13.1. The second kappa shape index (κ2) is 13.3. The summed E-state index contributed by atoms with van der Waals surface area (Å²) in [6.45, 7) is 15.4. The molecule has 0 bridgehead atoms. The van der Waals surface area contributed by atoms with Crippen LogP contribution in [0.1, 0.15) is 77.6 Å². The number of carbonyl (C=O) groups excluding carboxylic acids is 3. The molecular weight excluding hydrogens is 466 g/mol. The molecule has 202 valence electrons. The minimum absolute atomic E-state index is 0.130. The van der Waals surface area contributed by atoms with E-state index in [9.17, 15) is 14.4 Å². The first-order valence-corrected chi connectivity index (χ1v) is 13.1. The average molecular weight is 510 g/mol. The Hall–Kier alpha value is -3.35. The van der Waals surface area contributed by atoms with Crippen LogP contribution >= 0.6 is 0 Å². The van der Waals surface area contributed by atoms with E-state index < -0.39 is 23.8 Å². The van der Waals surface area contributed by atoms with Crippen molar-refractivity contribution in [3.8, 4) is 0 Å². The van der Waals surface area contributed by atoms with Gasteiger partial charge in [-0.3, -0.25) is 9.59 Å². The molecule has 0 aliphatic heterocycles. The van der Waals surface area contributed by atoms with Crippen LogP contribution in [0.15, 0.2) is 48.5 Å². The fraction of sp³-hybridized carbons (Fsp3) is 0.500. The van der Waals surface area contributed by atoms with E-state index in [1.807, 2.05) is 76.2 Å². The lowest BCUT2D eigenvalue weighted by Gasteiger charge is -2.34. The van der Waals surface area contributed by atoms with Gasteiger partial charge >= 0.3 is 6.09 Å². The number of likely N-dealkylation sites (N-methyl/N-ethyl adjacent to an activating group) is 1. The molecule has 2 aromatic rings. The van der Waals surface area contributed by atoms with Crippen molar-refractivity contribution in [3.05, 3.63) is 65.2 Å². The van der Waals surface area contributed by atoms with Gasteiger partial charge in [-0.05, 0) is 76.1 Å². The first-order chi connectivity index (χ1) is 17.4. The van der Waals surface area contributed by atoms with Gasteiger partial charge in [-0.15, -0.1) is 0 Å². The van der Waals surface area contributed by atoms with E-state index in [-0.39, 0.29) is 24.3 Å². The van der Waals surface area contributed by atoms with Gasteiger partial charge in [0.1, 0.15) is 17.7 Å². The third-order valence-corrected chi connectivity index (χ3v) is 5.99. The third-order valence-electron chi connectivity index (χ3n) is 5.99. The Bertz CT molecular complexity index is 1060. The lowest BCUT2D eigenvalue weighted by molar-refractivity contribution is -0.140. The van der Waals surface area contributed by atoms with Crippen molar-refractivity contribution in [3.63, 3.8) is 0 Å². The van der Waals surface area contributed by atoms with Crippen LogP contribution in [-0.4, -0.2) is 41.0 Å². The number of rotatable bonds is 10. The molecule has 2 atom stereocenters. The summed E-state index contributed by atoms with van der Waals surface area (Å²) in [7, 11) is 0. The molecular formula is C30H43N3O4. The SMILES string of the molecule is CCc1ccc(C(C(=O)Nc2ccccc2C)N(CC)C(=O)C(CC(C)C)NC(=O)OC(C)(C)C)cc1. The summed E-state index contributed by atoms with van der Waals surface area (Å²) >= 11 is 0. The molecule has 2 rings (SSSR count). The van der Waals surface area contributed by atoms with Gasteiger partial charge in [0.15, 0.2) is 0 Å². The van der Waals surface area contributed by atoms with Crippen molar-refractivity contribution in [2.75, 3.05) is 11.9 Å². The van der Waals surface area contributed by atoms with Crippen molar-refractivity contribution in [1.29, 1.82) is 0 Å². The minimum Gasteiger partial charge on any atom is -0.444 e. The van der Waals surface area contributed by atoms with E-state index in [1.54, 1.807) is 25.7 Å². The summed E-state index contributed by atoms with van der Waals surface area (Å²) in [5.74, 6) is -0.508. The van der Waals surface area contributed by atoms with Gasteiger partial charge < -0.3 is 20.3 Å². The summed E-state index contributed by atoms with van der Waals surface area (Å²) < 4.78 is 5.42. The summed E-state index contributed by atoms with van der Waals surface area (Å²) in [5, 5.41) is 5.77. The van der Waals surface area contributed by atoms with Crippen molar-refractivity contribution < 1.29 is 19.1 Å². The van der Waals surface area contributed by atoms with Crippen LogP contribution in [0.5, 0.6) is 0 Å². The number of carbonyl (C=O) groups is 3. The van der Waals surface area contributed by atoms with Gasteiger partial charge in [0.25, 0.3) is 5.91 Å². The monoisotopic (exact) mass is 509 g/mol. The Labute approximate surface area is 222 Å². The highest BCUT2D eigenvalue weighted by atomic mass is 16.6. The number of nitrogens with zero attached hydrogens (tertiary/aromatic N) is 1. The van der Waals surface area contributed by atoms with Crippen LogP contribution < -0.4 is 10.6 Å². The van der Waals surface area contributed by atoms with Crippen LogP contribution in [0, 0.1) is 12.8 Å². The average Bonchev–Trinajstić information content (AvgIpc) is 2.81. The van der Waals surface area contributed by atoms with Gasteiger partial charge in [0, 0.05) is 12.2 Å². The van der Waals surface area contributed by atoms with Gasteiger partial charge in [0.2, 0.25) is 5.91 Å². The zero-order valence-electron chi connectivity index (χ0n) is 23.6. The first kappa shape index (κ1) is 29.9. The Kier molecular flexibility index (Phi) is 10.7. The number of amides is 3. The van der Waals surface area contributed by atoms with Crippen LogP contribution in [0.2, 0.25) is 0 Å². The zero-order valence-corrected chi connectivity index (χ0v) is 23.6. The number of benzene rings is 2. The van der Waals surface area contributed by atoms with E-state index in [4.69, 9.17) is 4.74 Å². The van der Waals surface area contributed by atoms with Crippen LogP contribution in [0.3, 0.4) is 0 Å². The van der Waals surface area contributed by atoms with Crippen molar-refractivity contribution in [2.45, 2.75) is 85.9 Å². The fourth-order valence-corrected chi connectivity index (χ4v) is 4.13. The Morgan fingerprint density at radius 2 is 1.59 bits per heavy atom. The van der Waals surface area contributed by atoms with Gasteiger partial charge in [-0.25, -0.2) is 4.79 Å². The second-order valence-corrected chi connectivity index (χ2v) is 10.8. The zero-order chi connectivity index (χ0) is 27.8. The molecule has 37 heavy (non-hydrogen) atoms. The van der Waals surface area contributed by atoms with E-state index in [1.165, 1.54) is 0 Å². The van der Waals surface area contributed by atoms with Crippen molar-refractivity contribution in [1.82, 2.24) is 10.2 Å². The van der Waals surface area contributed by atoms with Crippen molar-refractivity contribution >= 4 is 23.6 Å².